The van der Waals surface area contributed by atoms with Crippen LogP contribution in [-0.2, 0) is 62.9 Å². The lowest BCUT2D eigenvalue weighted by atomic mass is 9.95. The topological polar surface area (TPSA) is 183 Å². The Balaban J connectivity index is 1.08. The molecule has 4 aromatic carbocycles. The van der Waals surface area contributed by atoms with Crippen molar-refractivity contribution in [2.45, 2.75) is 75.5 Å². The summed E-state index contributed by atoms with van der Waals surface area (Å²) in [7, 11) is 0. The molecule has 0 radical (unpaired) electrons. The molecule has 314 valence electrons. The van der Waals surface area contributed by atoms with Crippen molar-refractivity contribution < 1.29 is 33.4 Å². The standard InChI is InChI=1S/C46H48N8O7/c55-43(39(29-53-25-13-23-47-53)51-45(57)59-31-35-19-9-3-10-20-35)49-37(27-33-15-5-1-6-16-33)41-42(61-41)38(28-34-17-7-2-8-18-34)50-44(56)40(30-54-26-14-24-48-54)52-46(58)60-32-36-21-11-4-12-22-36/h1-26,37-42H,27-32H2,(H,49,55)(H,50,56)(H,51,57)(H,52,58)/t37-,38-,39-,40-,41-,42+/m0/s1. The number of alkyl carbamates (subject to hydrolysis) is 2. The molecule has 3 heterocycles. The number of benzene rings is 4. The summed E-state index contributed by atoms with van der Waals surface area (Å²) >= 11 is 0. The molecule has 4 N–H and O–H groups in total. The van der Waals surface area contributed by atoms with Gasteiger partial charge in [0.2, 0.25) is 11.8 Å². The summed E-state index contributed by atoms with van der Waals surface area (Å²) in [6, 6.07) is 38.0. The first-order valence-corrected chi connectivity index (χ1v) is 20.1. The Morgan fingerprint density at radius 2 is 0.869 bits per heavy atom. The van der Waals surface area contributed by atoms with Gasteiger partial charge in [-0.1, -0.05) is 121 Å². The number of nitrogens with zero attached hydrogens (tertiary/aromatic N) is 4. The van der Waals surface area contributed by atoms with Gasteiger partial charge >= 0.3 is 12.2 Å². The normalized spacial score (nSPS) is 16.2. The number of carbonyl (C=O) groups excluding carboxylic acids is 4. The largest absolute Gasteiger partial charge is 0.445 e. The Kier molecular flexibility index (Phi) is 14.5. The molecule has 61 heavy (non-hydrogen) atoms. The molecule has 0 saturated carbocycles. The van der Waals surface area contributed by atoms with Crippen molar-refractivity contribution >= 4 is 24.0 Å². The zero-order chi connectivity index (χ0) is 42.2. The third-order valence-electron chi connectivity index (χ3n) is 10.1. The summed E-state index contributed by atoms with van der Waals surface area (Å²) in [6.45, 7) is 0.131. The van der Waals surface area contributed by atoms with Crippen LogP contribution in [0.15, 0.2) is 158 Å². The van der Waals surface area contributed by atoms with Gasteiger partial charge in [-0.25, -0.2) is 9.59 Å². The minimum Gasteiger partial charge on any atom is -0.445 e. The van der Waals surface area contributed by atoms with E-state index < -0.39 is 60.4 Å². The monoisotopic (exact) mass is 824 g/mol. The third kappa shape index (κ3) is 12.9. The summed E-state index contributed by atoms with van der Waals surface area (Å²) in [5.74, 6) is -0.938. The molecule has 7 rings (SSSR count). The van der Waals surface area contributed by atoms with Crippen LogP contribution < -0.4 is 21.3 Å². The number of ether oxygens (including phenoxy) is 3. The summed E-state index contributed by atoms with van der Waals surface area (Å²) in [5, 5.41) is 20.3. The van der Waals surface area contributed by atoms with Crippen molar-refractivity contribution in [3.8, 4) is 0 Å². The van der Waals surface area contributed by atoms with E-state index in [9.17, 15) is 19.2 Å². The van der Waals surface area contributed by atoms with Gasteiger partial charge in [-0.05, 0) is 47.2 Å². The average molecular weight is 825 g/mol. The minimum absolute atomic E-state index is 0.0265. The number of aromatic nitrogens is 4. The van der Waals surface area contributed by atoms with E-state index in [1.807, 2.05) is 121 Å². The van der Waals surface area contributed by atoms with Crippen LogP contribution in [0.2, 0.25) is 0 Å². The smallest absolute Gasteiger partial charge is 0.408 e. The van der Waals surface area contributed by atoms with Crippen LogP contribution in [0.1, 0.15) is 22.3 Å². The highest BCUT2D eigenvalue weighted by molar-refractivity contribution is 5.86. The lowest BCUT2D eigenvalue weighted by molar-refractivity contribution is -0.125. The van der Waals surface area contributed by atoms with Crippen molar-refractivity contribution in [3.63, 3.8) is 0 Å². The fourth-order valence-electron chi connectivity index (χ4n) is 6.98. The molecule has 1 aliphatic rings. The third-order valence-corrected chi connectivity index (χ3v) is 10.1. The van der Waals surface area contributed by atoms with Crippen LogP contribution in [0.5, 0.6) is 0 Å². The Morgan fingerprint density at radius 3 is 1.21 bits per heavy atom. The number of hydrogen-bond acceptors (Lipinski definition) is 9. The SMILES string of the molecule is O=C(N[C@@H](Cn1cccn1)C(=O)N[C@@H](Cc1ccccc1)[C@@H]1O[C@@H]1[C@H](Cc1ccccc1)NC(=O)[C@H](Cn1cccn1)NC(=O)OCc1ccccc1)OCc1ccccc1. The maximum absolute atomic E-state index is 14.2. The van der Waals surface area contributed by atoms with E-state index >= 15 is 0 Å². The second-order valence-corrected chi connectivity index (χ2v) is 14.6. The Morgan fingerprint density at radius 1 is 0.508 bits per heavy atom. The molecule has 0 bridgehead atoms. The number of amides is 4. The Hall–Kier alpha value is -7.26. The van der Waals surface area contributed by atoms with E-state index in [1.54, 1.807) is 46.3 Å². The molecule has 6 aromatic rings. The zero-order valence-electron chi connectivity index (χ0n) is 33.4. The molecular weight excluding hydrogens is 777 g/mol. The lowest BCUT2D eigenvalue weighted by Gasteiger charge is -2.25. The van der Waals surface area contributed by atoms with Gasteiger partial charge in [-0.15, -0.1) is 0 Å². The average Bonchev–Trinajstić information content (AvgIpc) is 3.59. The highest BCUT2D eigenvalue weighted by Crippen LogP contribution is 2.32. The molecular formula is C46H48N8O7. The van der Waals surface area contributed by atoms with Crippen LogP contribution in [0, 0.1) is 0 Å². The minimum atomic E-state index is -1.06. The van der Waals surface area contributed by atoms with E-state index in [-0.39, 0.29) is 26.3 Å². The van der Waals surface area contributed by atoms with Crippen LogP contribution in [-0.4, -0.2) is 79.9 Å². The van der Waals surface area contributed by atoms with Gasteiger partial charge in [0.05, 0.1) is 25.2 Å². The fraction of sp³-hybridized carbons (Fsp3) is 0.261. The first-order valence-electron chi connectivity index (χ1n) is 20.1. The molecule has 4 amide bonds. The van der Waals surface area contributed by atoms with E-state index in [0.29, 0.717) is 12.8 Å². The zero-order valence-corrected chi connectivity index (χ0v) is 33.4. The van der Waals surface area contributed by atoms with Crippen molar-refractivity contribution in [1.82, 2.24) is 40.8 Å². The van der Waals surface area contributed by atoms with E-state index in [1.165, 1.54) is 0 Å². The number of carbonyl (C=O) groups is 4. The summed E-state index contributed by atoms with van der Waals surface area (Å²) in [6.07, 6.45) is 4.77. The predicted octanol–water partition coefficient (Wildman–Crippen LogP) is 4.59. The molecule has 1 aliphatic heterocycles. The van der Waals surface area contributed by atoms with Gasteiger partial charge in [0.1, 0.15) is 37.5 Å². The molecule has 2 aromatic heterocycles. The first-order chi connectivity index (χ1) is 29.9. The second kappa shape index (κ2) is 21.1. The van der Waals surface area contributed by atoms with Gasteiger partial charge in [-0.3, -0.25) is 19.0 Å². The highest BCUT2D eigenvalue weighted by atomic mass is 16.6. The predicted molar refractivity (Wildman–Crippen MR) is 224 cm³/mol. The van der Waals surface area contributed by atoms with Gasteiger partial charge < -0.3 is 35.5 Å². The fourth-order valence-corrected chi connectivity index (χ4v) is 6.98. The summed E-state index contributed by atoms with van der Waals surface area (Å²) in [5.41, 5.74) is 3.49. The van der Waals surface area contributed by atoms with E-state index in [0.717, 1.165) is 22.3 Å². The van der Waals surface area contributed by atoms with Gasteiger partial charge in [0.15, 0.2) is 0 Å². The van der Waals surface area contributed by atoms with Crippen LogP contribution in [0.3, 0.4) is 0 Å². The Labute approximate surface area is 353 Å². The van der Waals surface area contributed by atoms with Gasteiger partial charge in [-0.2, -0.15) is 10.2 Å². The van der Waals surface area contributed by atoms with Crippen molar-refractivity contribution in [2.24, 2.45) is 0 Å². The van der Waals surface area contributed by atoms with Gasteiger partial charge in [0.25, 0.3) is 0 Å². The number of rotatable bonds is 20. The highest BCUT2D eigenvalue weighted by Gasteiger charge is 2.51. The molecule has 15 nitrogen and oxygen atoms in total. The molecule has 0 spiro atoms. The molecule has 1 saturated heterocycles. The van der Waals surface area contributed by atoms with Crippen molar-refractivity contribution in [1.29, 1.82) is 0 Å². The molecule has 1 fully saturated rings. The van der Waals surface area contributed by atoms with E-state index in [2.05, 4.69) is 31.5 Å². The van der Waals surface area contributed by atoms with Crippen molar-refractivity contribution in [2.75, 3.05) is 0 Å². The van der Waals surface area contributed by atoms with Crippen LogP contribution in [0.4, 0.5) is 9.59 Å². The van der Waals surface area contributed by atoms with Crippen LogP contribution >= 0.6 is 0 Å². The second-order valence-electron chi connectivity index (χ2n) is 14.6. The maximum Gasteiger partial charge on any atom is 0.408 e. The van der Waals surface area contributed by atoms with E-state index in [4.69, 9.17) is 14.2 Å². The van der Waals surface area contributed by atoms with Crippen molar-refractivity contribution in [3.05, 3.63) is 181 Å². The summed E-state index contributed by atoms with van der Waals surface area (Å²) in [4.78, 5) is 54.6. The maximum atomic E-state index is 14.2. The van der Waals surface area contributed by atoms with Gasteiger partial charge in [0, 0.05) is 24.8 Å². The summed E-state index contributed by atoms with van der Waals surface area (Å²) < 4.78 is 20.5. The number of nitrogens with one attached hydrogen (secondary N) is 4. The Bertz CT molecular complexity index is 2100. The lowest BCUT2D eigenvalue weighted by Crippen LogP contribution is -2.55. The first kappa shape index (κ1) is 41.9. The molecule has 0 aliphatic carbocycles. The molecule has 6 atom stereocenters. The number of hydrogen-bond donors (Lipinski definition) is 4. The molecule has 0 unspecified atom stereocenters. The number of epoxide rings is 1. The quantitative estimate of drug-likeness (QED) is 0.0801. The van der Waals surface area contributed by atoms with Crippen LogP contribution in [0.25, 0.3) is 0 Å². The molecule has 15 heteroatoms.